The first-order chi connectivity index (χ1) is 12.7. The van der Waals surface area contributed by atoms with Crippen molar-refractivity contribution in [2.24, 2.45) is 34.5 Å². The van der Waals surface area contributed by atoms with Gasteiger partial charge < -0.3 is 9.47 Å². The minimum Gasteiger partial charge on any atom is -0.355 e. The maximum Gasteiger partial charge on any atom is 0.172 e. The third kappa shape index (κ3) is 1.74. The van der Waals surface area contributed by atoms with E-state index >= 15 is 0 Å². The Hall–Kier alpha value is -1.26. The van der Waals surface area contributed by atoms with Crippen LogP contribution in [0.1, 0.15) is 52.4 Å². The summed E-state index contributed by atoms with van der Waals surface area (Å²) in [6.45, 7) is 12.7. The van der Waals surface area contributed by atoms with Crippen LogP contribution in [0.3, 0.4) is 0 Å². The van der Waals surface area contributed by atoms with Crippen molar-refractivity contribution in [2.45, 2.75) is 64.3 Å². The highest BCUT2D eigenvalue weighted by Gasteiger charge is 2.76. The molecule has 7 rings (SSSR count). The van der Waals surface area contributed by atoms with E-state index in [1.165, 1.54) is 0 Å². The molecule has 27 heavy (non-hydrogen) atoms. The van der Waals surface area contributed by atoms with E-state index in [9.17, 15) is 9.59 Å². The Kier molecular flexibility index (Phi) is 3.44. The van der Waals surface area contributed by atoms with Crippen molar-refractivity contribution in [3.63, 3.8) is 0 Å². The molecule has 5 saturated carbocycles. The molecule has 5 aliphatic carbocycles. The van der Waals surface area contributed by atoms with Gasteiger partial charge in [-0.25, -0.2) is 0 Å². The topological polar surface area (TPSA) is 52.6 Å². The molecule has 4 heteroatoms. The summed E-state index contributed by atoms with van der Waals surface area (Å²) in [6, 6.07) is 0. The van der Waals surface area contributed by atoms with Gasteiger partial charge in [0.05, 0.1) is 11.0 Å². The Morgan fingerprint density at radius 1 is 1.11 bits per heavy atom. The fourth-order valence-corrected chi connectivity index (χ4v) is 7.90. The molecule has 2 aliphatic heterocycles. The van der Waals surface area contributed by atoms with E-state index < -0.39 is 11.7 Å². The molecule has 0 N–H and O–H groups in total. The van der Waals surface area contributed by atoms with Gasteiger partial charge >= 0.3 is 0 Å². The molecule has 2 heterocycles. The molecule has 2 saturated heterocycles. The van der Waals surface area contributed by atoms with E-state index in [2.05, 4.69) is 27.0 Å². The number of carbonyl (C=O) groups is 2. The lowest BCUT2D eigenvalue weighted by atomic mass is 9.37. The summed E-state index contributed by atoms with van der Waals surface area (Å²) in [7, 11) is 1.71. The van der Waals surface area contributed by atoms with Gasteiger partial charge in [-0.3, -0.25) is 9.59 Å². The van der Waals surface area contributed by atoms with Crippen LogP contribution in [-0.2, 0) is 19.1 Å². The quantitative estimate of drug-likeness (QED) is 0.520. The Labute approximate surface area is 161 Å². The van der Waals surface area contributed by atoms with Gasteiger partial charge in [-0.05, 0) is 74.3 Å². The maximum atomic E-state index is 13.7. The van der Waals surface area contributed by atoms with Crippen LogP contribution >= 0.6 is 0 Å². The summed E-state index contributed by atoms with van der Waals surface area (Å²) in [5.74, 6) is 0.341. The Morgan fingerprint density at radius 3 is 2.52 bits per heavy atom. The highest BCUT2D eigenvalue weighted by atomic mass is 16.7. The van der Waals surface area contributed by atoms with Gasteiger partial charge in [-0.2, -0.15) is 0 Å². The first-order valence-corrected chi connectivity index (χ1v) is 10.4. The van der Waals surface area contributed by atoms with Crippen LogP contribution in [0.25, 0.3) is 0 Å². The summed E-state index contributed by atoms with van der Waals surface area (Å²) < 4.78 is 12.6. The van der Waals surface area contributed by atoms with Crippen LogP contribution < -0.4 is 0 Å². The second kappa shape index (κ2) is 5.21. The molecule has 7 fully saturated rings. The molecular formula is C23H30O4. The lowest BCUT2D eigenvalue weighted by Gasteiger charge is -2.67. The molecule has 0 radical (unpaired) electrons. The number of fused-ring (bicyclic) bond motifs is 5. The molecular weight excluding hydrogens is 340 g/mol. The lowest BCUT2D eigenvalue weighted by Crippen LogP contribution is -2.72. The summed E-state index contributed by atoms with van der Waals surface area (Å²) >= 11 is 0. The van der Waals surface area contributed by atoms with Gasteiger partial charge in [0, 0.05) is 18.4 Å². The standard InChI is InChI=1S/C23H30O4/c1-12-15-7-10-23(18(12)24)16(11-15)22-9-6-8-21(4,27-20(22)26-5)14(3)17(22)13(2)19(23)25/h14-17,20H,1-2,6-11H2,3-5H3. The second-order valence-corrected chi connectivity index (χ2v) is 9.93. The highest BCUT2D eigenvalue weighted by Crippen LogP contribution is 2.72. The van der Waals surface area contributed by atoms with Crippen molar-refractivity contribution < 1.29 is 19.1 Å². The Morgan fingerprint density at radius 2 is 1.81 bits per heavy atom. The molecule has 0 aromatic heterocycles. The summed E-state index contributed by atoms with van der Waals surface area (Å²) in [5.41, 5.74) is -0.341. The smallest absolute Gasteiger partial charge is 0.172 e. The molecule has 0 amide bonds. The fraction of sp³-hybridized carbons (Fsp3) is 0.739. The van der Waals surface area contributed by atoms with Gasteiger partial charge in [-0.1, -0.05) is 20.1 Å². The van der Waals surface area contributed by atoms with E-state index in [0.717, 1.165) is 32.1 Å². The van der Waals surface area contributed by atoms with Crippen LogP contribution in [0, 0.1) is 34.5 Å². The van der Waals surface area contributed by atoms with Gasteiger partial charge in [0.1, 0.15) is 0 Å². The zero-order valence-electron chi connectivity index (χ0n) is 16.7. The van der Waals surface area contributed by atoms with Crippen molar-refractivity contribution in [3.8, 4) is 0 Å². The SMILES string of the molecule is C=C1C(=O)C23CCC1CC2C12CCCC(C)(OC1OC)C(C)C2C(=C)C3=O. The number of ketones is 2. The third-order valence-corrected chi connectivity index (χ3v) is 9.27. The lowest BCUT2D eigenvalue weighted by molar-refractivity contribution is -0.327. The minimum absolute atomic E-state index is 0.00900. The summed E-state index contributed by atoms with van der Waals surface area (Å²) in [5, 5.41) is 0. The Bertz CT molecular complexity index is 783. The molecule has 146 valence electrons. The first-order valence-electron chi connectivity index (χ1n) is 10.4. The van der Waals surface area contributed by atoms with Gasteiger partial charge in [0.15, 0.2) is 17.9 Å². The second-order valence-electron chi connectivity index (χ2n) is 9.93. The summed E-state index contributed by atoms with van der Waals surface area (Å²) in [4.78, 5) is 27.2. The van der Waals surface area contributed by atoms with Crippen molar-refractivity contribution in [1.29, 1.82) is 0 Å². The normalized spacial score (nSPS) is 54.0. The predicted molar refractivity (Wildman–Crippen MR) is 101 cm³/mol. The number of carbonyl (C=O) groups excluding carboxylic acids is 2. The van der Waals surface area contributed by atoms with Crippen molar-refractivity contribution >= 4 is 11.6 Å². The number of ether oxygens (including phenoxy) is 2. The maximum absolute atomic E-state index is 13.7. The number of hydrogen-bond acceptors (Lipinski definition) is 4. The number of hydrogen-bond donors (Lipinski definition) is 0. The average molecular weight is 370 g/mol. The van der Waals surface area contributed by atoms with E-state index in [0.29, 0.717) is 17.6 Å². The molecule has 2 spiro atoms. The molecule has 0 aromatic rings. The largest absolute Gasteiger partial charge is 0.355 e. The highest BCUT2D eigenvalue weighted by molar-refractivity contribution is 6.21. The zero-order chi connectivity index (χ0) is 19.4. The van der Waals surface area contributed by atoms with E-state index in [1.54, 1.807) is 7.11 Å². The fourth-order valence-electron chi connectivity index (χ4n) is 7.90. The number of allylic oxidation sites excluding steroid dienone is 2. The molecule has 8 unspecified atom stereocenters. The van der Waals surface area contributed by atoms with E-state index in [-0.39, 0.29) is 46.3 Å². The van der Waals surface area contributed by atoms with Gasteiger partial charge in [0.25, 0.3) is 0 Å². The predicted octanol–water partition coefficient (Wildman–Crippen LogP) is 3.85. The number of Topliss-reactive ketones (excluding diaryl/α,β-unsaturated/α-hetero) is 2. The zero-order valence-corrected chi connectivity index (χ0v) is 16.7. The molecule has 4 bridgehead atoms. The molecule has 8 atom stereocenters. The first kappa shape index (κ1) is 17.8. The number of methoxy groups -OCH3 is 1. The van der Waals surface area contributed by atoms with Crippen LogP contribution in [0.15, 0.2) is 24.3 Å². The van der Waals surface area contributed by atoms with Crippen LogP contribution in [0.4, 0.5) is 0 Å². The van der Waals surface area contributed by atoms with Gasteiger partial charge in [0.2, 0.25) is 0 Å². The third-order valence-electron chi connectivity index (χ3n) is 9.27. The number of rotatable bonds is 1. The van der Waals surface area contributed by atoms with Crippen molar-refractivity contribution in [3.05, 3.63) is 24.3 Å². The van der Waals surface area contributed by atoms with Crippen LogP contribution in [0.5, 0.6) is 0 Å². The summed E-state index contributed by atoms with van der Waals surface area (Å²) in [6.07, 6.45) is 4.90. The van der Waals surface area contributed by atoms with Crippen molar-refractivity contribution in [2.75, 3.05) is 7.11 Å². The van der Waals surface area contributed by atoms with Crippen LogP contribution in [-0.4, -0.2) is 30.6 Å². The van der Waals surface area contributed by atoms with E-state index in [4.69, 9.17) is 9.47 Å². The minimum atomic E-state index is -0.975. The molecule has 4 nitrogen and oxygen atoms in total. The Balaban J connectivity index is 1.78. The molecule has 7 aliphatic rings. The van der Waals surface area contributed by atoms with Gasteiger partial charge in [-0.15, -0.1) is 0 Å². The van der Waals surface area contributed by atoms with Crippen LogP contribution in [0.2, 0.25) is 0 Å². The van der Waals surface area contributed by atoms with Crippen molar-refractivity contribution in [1.82, 2.24) is 0 Å². The average Bonchev–Trinajstić information content (AvgIpc) is 2.88. The van der Waals surface area contributed by atoms with E-state index in [1.807, 2.05) is 0 Å². The molecule has 0 aromatic carbocycles. The monoisotopic (exact) mass is 370 g/mol.